The Morgan fingerprint density at radius 1 is 1.00 bits per heavy atom. The molecule has 0 radical (unpaired) electrons. The maximum atomic E-state index is 12.6. The van der Waals surface area contributed by atoms with Gasteiger partial charge in [0.15, 0.2) is 0 Å². The predicted octanol–water partition coefficient (Wildman–Crippen LogP) is 4.41. The molecule has 2 amide bonds. The first-order chi connectivity index (χ1) is 11.8. The van der Waals surface area contributed by atoms with Gasteiger partial charge >= 0.3 is 0 Å². The van der Waals surface area contributed by atoms with Crippen LogP contribution in [0.1, 0.15) is 64.2 Å². The molecule has 3 aliphatic rings. The summed E-state index contributed by atoms with van der Waals surface area (Å²) in [7, 11) is 0. The molecule has 2 heterocycles. The van der Waals surface area contributed by atoms with Gasteiger partial charge in [0, 0.05) is 37.5 Å². The molecule has 0 aromatic carbocycles. The molecule has 3 rings (SSSR count). The summed E-state index contributed by atoms with van der Waals surface area (Å²) in [6.07, 6.45) is 13.4. The molecule has 134 valence electrons. The summed E-state index contributed by atoms with van der Waals surface area (Å²) in [5.41, 5.74) is 1.27. The van der Waals surface area contributed by atoms with Crippen LogP contribution in [-0.2, 0) is 4.79 Å². The van der Waals surface area contributed by atoms with Crippen molar-refractivity contribution in [3.05, 3.63) is 11.8 Å². The monoisotopic (exact) mass is 350 g/mol. The van der Waals surface area contributed by atoms with Gasteiger partial charge in [-0.3, -0.25) is 9.59 Å². The molecule has 0 aromatic rings. The molecule has 0 saturated carbocycles. The largest absolute Gasteiger partial charge is 0.343 e. The topological polar surface area (TPSA) is 40.6 Å². The number of fused-ring (bicyclic) bond motifs is 1. The highest BCUT2D eigenvalue weighted by molar-refractivity contribution is 8.13. The van der Waals surface area contributed by atoms with Crippen molar-refractivity contribution >= 4 is 22.9 Å². The van der Waals surface area contributed by atoms with Crippen LogP contribution in [0.15, 0.2) is 11.8 Å². The zero-order valence-corrected chi connectivity index (χ0v) is 15.5. The van der Waals surface area contributed by atoms with Crippen LogP contribution < -0.4 is 0 Å². The fraction of sp³-hybridized carbons (Fsp3) is 0.789. The van der Waals surface area contributed by atoms with Crippen molar-refractivity contribution < 1.29 is 9.59 Å². The lowest BCUT2D eigenvalue weighted by molar-refractivity contribution is -0.130. The molecule has 2 aliphatic heterocycles. The molecule has 0 N–H and O–H groups in total. The standard InChI is InChI=1S/C19H30N2O2S/c22-18(20-12-5-1-2-6-13-20)11-15-24-19(23)21-14-7-9-16-8-3-4-10-17(16)21/h10,16H,1-9,11-15H2. The minimum atomic E-state index is 0.150. The van der Waals surface area contributed by atoms with Crippen molar-refractivity contribution in [1.82, 2.24) is 9.80 Å². The molecule has 0 spiro atoms. The number of thioether (sulfide) groups is 1. The van der Waals surface area contributed by atoms with E-state index < -0.39 is 0 Å². The van der Waals surface area contributed by atoms with Gasteiger partial charge in [-0.25, -0.2) is 0 Å². The van der Waals surface area contributed by atoms with Gasteiger partial charge in [-0.2, -0.15) is 0 Å². The third kappa shape index (κ3) is 4.56. The lowest BCUT2D eigenvalue weighted by Crippen LogP contribution is -2.37. The number of nitrogens with zero attached hydrogens (tertiary/aromatic N) is 2. The van der Waals surface area contributed by atoms with Crippen LogP contribution in [0.4, 0.5) is 4.79 Å². The van der Waals surface area contributed by atoms with Crippen molar-refractivity contribution in [3.8, 4) is 0 Å². The van der Waals surface area contributed by atoms with Crippen LogP contribution in [0.3, 0.4) is 0 Å². The summed E-state index contributed by atoms with van der Waals surface area (Å²) in [5.74, 6) is 1.43. The van der Waals surface area contributed by atoms with E-state index in [0.29, 0.717) is 18.1 Å². The zero-order valence-electron chi connectivity index (χ0n) is 14.7. The van der Waals surface area contributed by atoms with E-state index in [0.717, 1.165) is 45.3 Å². The second-order valence-corrected chi connectivity index (χ2v) is 8.26. The van der Waals surface area contributed by atoms with E-state index in [2.05, 4.69) is 6.08 Å². The molecular formula is C19H30N2O2S. The Kier molecular flexibility index (Phi) is 6.64. The Morgan fingerprint density at radius 2 is 1.75 bits per heavy atom. The zero-order chi connectivity index (χ0) is 16.8. The first-order valence-corrected chi connectivity index (χ1v) is 10.7. The van der Waals surface area contributed by atoms with Crippen molar-refractivity contribution in [2.24, 2.45) is 5.92 Å². The van der Waals surface area contributed by atoms with Crippen LogP contribution in [0, 0.1) is 5.92 Å². The van der Waals surface area contributed by atoms with Gasteiger partial charge in [-0.1, -0.05) is 30.7 Å². The van der Waals surface area contributed by atoms with E-state index in [9.17, 15) is 9.59 Å². The van der Waals surface area contributed by atoms with Crippen LogP contribution in [0.25, 0.3) is 0 Å². The van der Waals surface area contributed by atoms with Gasteiger partial charge in [0.2, 0.25) is 5.91 Å². The summed E-state index contributed by atoms with van der Waals surface area (Å²) in [6, 6.07) is 0. The van der Waals surface area contributed by atoms with Gasteiger partial charge < -0.3 is 9.80 Å². The number of allylic oxidation sites excluding steroid dienone is 2. The first kappa shape index (κ1) is 17.8. The Bertz CT molecular complexity index is 484. The average Bonchev–Trinajstić information content (AvgIpc) is 2.90. The lowest BCUT2D eigenvalue weighted by atomic mass is 9.85. The van der Waals surface area contributed by atoms with E-state index >= 15 is 0 Å². The van der Waals surface area contributed by atoms with Gasteiger partial charge in [-0.15, -0.1) is 0 Å². The number of carbonyl (C=O) groups is 2. The molecule has 0 aromatic heterocycles. The van der Waals surface area contributed by atoms with Crippen molar-refractivity contribution in [3.63, 3.8) is 0 Å². The number of likely N-dealkylation sites (tertiary alicyclic amines) is 2. The molecule has 5 heteroatoms. The van der Waals surface area contributed by atoms with Crippen LogP contribution in [0.2, 0.25) is 0 Å². The van der Waals surface area contributed by atoms with E-state index in [1.165, 1.54) is 49.6 Å². The van der Waals surface area contributed by atoms with E-state index in [-0.39, 0.29) is 11.1 Å². The van der Waals surface area contributed by atoms with Gasteiger partial charge in [0.1, 0.15) is 0 Å². The van der Waals surface area contributed by atoms with Gasteiger partial charge in [-0.05, 0) is 50.9 Å². The third-order valence-electron chi connectivity index (χ3n) is 5.50. The highest BCUT2D eigenvalue weighted by Gasteiger charge is 2.30. The fourth-order valence-corrected chi connectivity index (χ4v) is 4.96. The highest BCUT2D eigenvalue weighted by Crippen LogP contribution is 2.36. The van der Waals surface area contributed by atoms with Crippen molar-refractivity contribution in [2.75, 3.05) is 25.4 Å². The number of hydrogen-bond acceptors (Lipinski definition) is 3. The number of piperidine rings is 1. The maximum Gasteiger partial charge on any atom is 0.285 e. The van der Waals surface area contributed by atoms with Crippen molar-refractivity contribution in [2.45, 2.75) is 64.2 Å². The maximum absolute atomic E-state index is 12.6. The quantitative estimate of drug-likeness (QED) is 0.757. The molecule has 1 atom stereocenters. The molecule has 1 unspecified atom stereocenters. The van der Waals surface area contributed by atoms with E-state index in [1.54, 1.807) is 0 Å². The summed E-state index contributed by atoms with van der Waals surface area (Å²) in [5, 5.41) is 0.150. The van der Waals surface area contributed by atoms with Crippen LogP contribution in [-0.4, -0.2) is 46.3 Å². The normalized spacial score (nSPS) is 24.8. The minimum absolute atomic E-state index is 0.150. The minimum Gasteiger partial charge on any atom is -0.343 e. The molecule has 4 nitrogen and oxygen atoms in total. The summed E-state index contributed by atoms with van der Waals surface area (Å²) < 4.78 is 0. The number of hydrogen-bond donors (Lipinski definition) is 0. The Labute approximate surface area is 150 Å². The Hall–Kier alpha value is -0.970. The predicted molar refractivity (Wildman–Crippen MR) is 98.9 cm³/mol. The third-order valence-corrected chi connectivity index (χ3v) is 6.37. The summed E-state index contributed by atoms with van der Waals surface area (Å²) >= 11 is 1.33. The first-order valence-electron chi connectivity index (χ1n) is 9.68. The van der Waals surface area contributed by atoms with Gasteiger partial charge in [0.25, 0.3) is 5.24 Å². The van der Waals surface area contributed by atoms with Crippen molar-refractivity contribution in [1.29, 1.82) is 0 Å². The smallest absolute Gasteiger partial charge is 0.285 e. The summed E-state index contributed by atoms with van der Waals surface area (Å²) in [6.45, 7) is 2.66. The van der Waals surface area contributed by atoms with Crippen LogP contribution >= 0.6 is 11.8 Å². The Morgan fingerprint density at radius 3 is 2.54 bits per heavy atom. The number of rotatable bonds is 3. The summed E-state index contributed by atoms with van der Waals surface area (Å²) in [4.78, 5) is 28.9. The van der Waals surface area contributed by atoms with E-state index in [4.69, 9.17) is 0 Å². The molecule has 2 saturated heterocycles. The average molecular weight is 351 g/mol. The molecular weight excluding hydrogens is 320 g/mol. The van der Waals surface area contributed by atoms with Gasteiger partial charge in [0.05, 0.1) is 0 Å². The Balaban J connectivity index is 1.45. The number of amides is 2. The molecule has 2 fully saturated rings. The highest BCUT2D eigenvalue weighted by atomic mass is 32.2. The molecule has 0 bridgehead atoms. The SMILES string of the molecule is O=C(CCSC(=O)N1CCCC2CCCC=C21)N1CCCCCC1. The van der Waals surface area contributed by atoms with Crippen LogP contribution in [0.5, 0.6) is 0 Å². The van der Waals surface area contributed by atoms with E-state index in [1.807, 2.05) is 9.80 Å². The fourth-order valence-electron chi connectivity index (χ4n) is 4.15. The molecule has 1 aliphatic carbocycles. The number of carbonyl (C=O) groups excluding carboxylic acids is 2. The second-order valence-electron chi connectivity index (χ2n) is 7.21. The second kappa shape index (κ2) is 8.93. The lowest BCUT2D eigenvalue weighted by Gasteiger charge is -2.37. The molecule has 24 heavy (non-hydrogen) atoms.